The molecule has 1 aromatic heterocycles. The summed E-state index contributed by atoms with van der Waals surface area (Å²) in [4.78, 5) is 31.0. The maximum atomic E-state index is 13.7. The summed E-state index contributed by atoms with van der Waals surface area (Å²) in [7, 11) is 0. The van der Waals surface area contributed by atoms with Gasteiger partial charge in [0, 0.05) is 11.3 Å². The standard InChI is InChI=1S/C25H20F2N4O3/c1-15-24(33)30(20-8-4-5-9-21(20)34-15)14-22(32)28-17-12-10-16(11-13-17)23-29-18-6-2-3-7-19(18)31(23)25(26)27/h2-13,15,25H,14H2,1H3,(H,28,32). The van der Waals surface area contributed by atoms with Gasteiger partial charge in [0.15, 0.2) is 6.10 Å². The van der Waals surface area contributed by atoms with E-state index in [0.717, 1.165) is 4.57 Å². The second-order valence-corrected chi connectivity index (χ2v) is 7.85. The number of alkyl halides is 2. The largest absolute Gasteiger partial charge is 0.479 e. The smallest absolute Gasteiger partial charge is 0.320 e. The molecule has 34 heavy (non-hydrogen) atoms. The number of hydrogen-bond acceptors (Lipinski definition) is 4. The van der Waals surface area contributed by atoms with Crippen LogP contribution in [0.3, 0.4) is 0 Å². The molecule has 0 spiro atoms. The van der Waals surface area contributed by atoms with E-state index in [-0.39, 0.29) is 18.3 Å². The Kier molecular flexibility index (Phi) is 5.45. The van der Waals surface area contributed by atoms with Crippen LogP contribution in [-0.2, 0) is 9.59 Å². The van der Waals surface area contributed by atoms with E-state index in [1.54, 1.807) is 79.7 Å². The molecule has 5 rings (SSSR count). The zero-order valence-electron chi connectivity index (χ0n) is 18.1. The van der Waals surface area contributed by atoms with Crippen LogP contribution in [0.4, 0.5) is 20.2 Å². The third kappa shape index (κ3) is 3.85. The molecular weight excluding hydrogens is 442 g/mol. The Labute approximate surface area is 193 Å². The maximum absolute atomic E-state index is 13.7. The van der Waals surface area contributed by atoms with Crippen molar-refractivity contribution in [1.82, 2.24) is 9.55 Å². The number of anilines is 2. The average Bonchev–Trinajstić information content (AvgIpc) is 3.22. The molecule has 0 radical (unpaired) electrons. The highest BCUT2D eigenvalue weighted by Crippen LogP contribution is 2.34. The van der Waals surface area contributed by atoms with Gasteiger partial charge in [-0.05, 0) is 55.5 Å². The third-order valence-corrected chi connectivity index (χ3v) is 5.59. The van der Waals surface area contributed by atoms with Gasteiger partial charge >= 0.3 is 6.55 Å². The second-order valence-electron chi connectivity index (χ2n) is 7.85. The van der Waals surface area contributed by atoms with Gasteiger partial charge in [-0.2, -0.15) is 8.78 Å². The summed E-state index contributed by atoms with van der Waals surface area (Å²) in [6.45, 7) is -1.31. The van der Waals surface area contributed by atoms with Gasteiger partial charge in [0.1, 0.15) is 18.1 Å². The van der Waals surface area contributed by atoms with Crippen molar-refractivity contribution in [2.45, 2.75) is 19.6 Å². The maximum Gasteiger partial charge on any atom is 0.320 e. The van der Waals surface area contributed by atoms with E-state index in [0.29, 0.717) is 33.7 Å². The number of ether oxygens (including phenoxy) is 1. The number of carbonyl (C=O) groups is 2. The van der Waals surface area contributed by atoms with Crippen LogP contribution in [0.1, 0.15) is 13.5 Å². The fraction of sp³-hybridized carbons (Fsp3) is 0.160. The van der Waals surface area contributed by atoms with Crippen molar-refractivity contribution in [3.8, 4) is 17.1 Å². The molecular formula is C25H20F2N4O3. The minimum Gasteiger partial charge on any atom is -0.479 e. The first-order chi connectivity index (χ1) is 16.4. The highest BCUT2D eigenvalue weighted by Gasteiger charge is 2.32. The lowest BCUT2D eigenvalue weighted by atomic mass is 10.1. The number of nitrogens with zero attached hydrogens (tertiary/aromatic N) is 3. The summed E-state index contributed by atoms with van der Waals surface area (Å²) in [5, 5.41) is 2.75. The molecule has 172 valence electrons. The molecule has 0 aliphatic carbocycles. The zero-order valence-corrected chi connectivity index (χ0v) is 18.1. The first kappa shape index (κ1) is 21.6. The van der Waals surface area contributed by atoms with Gasteiger partial charge in [-0.3, -0.25) is 19.1 Å². The van der Waals surface area contributed by atoms with Crippen molar-refractivity contribution in [3.05, 3.63) is 72.8 Å². The van der Waals surface area contributed by atoms with Crippen molar-refractivity contribution in [2.75, 3.05) is 16.8 Å². The molecule has 4 aromatic rings. The zero-order chi connectivity index (χ0) is 23.8. The van der Waals surface area contributed by atoms with E-state index in [1.165, 1.54) is 4.90 Å². The Hall–Kier alpha value is -4.27. The van der Waals surface area contributed by atoms with Crippen LogP contribution in [0.25, 0.3) is 22.4 Å². The summed E-state index contributed by atoms with van der Waals surface area (Å²) in [5.74, 6) is -0.0350. The lowest BCUT2D eigenvalue weighted by Crippen LogP contribution is -2.47. The number of carbonyl (C=O) groups excluding carboxylic acids is 2. The SMILES string of the molecule is CC1Oc2ccccc2N(CC(=O)Nc2ccc(-c3nc4ccccc4n3C(F)F)cc2)C1=O. The van der Waals surface area contributed by atoms with Crippen molar-refractivity contribution < 1.29 is 23.1 Å². The van der Waals surface area contributed by atoms with Gasteiger partial charge in [0.05, 0.1) is 16.7 Å². The van der Waals surface area contributed by atoms with Gasteiger partial charge in [-0.1, -0.05) is 24.3 Å². The Morgan fingerprint density at radius 1 is 1.06 bits per heavy atom. The average molecular weight is 462 g/mol. The van der Waals surface area contributed by atoms with Crippen LogP contribution in [0.5, 0.6) is 5.75 Å². The summed E-state index contributed by atoms with van der Waals surface area (Å²) in [6.07, 6.45) is -0.698. The number of rotatable bonds is 5. The number of halogens is 2. The van der Waals surface area contributed by atoms with E-state index >= 15 is 0 Å². The van der Waals surface area contributed by atoms with Gasteiger partial charge in [0.25, 0.3) is 5.91 Å². The number of hydrogen-bond donors (Lipinski definition) is 1. The first-order valence-corrected chi connectivity index (χ1v) is 10.6. The van der Waals surface area contributed by atoms with Gasteiger partial charge in [-0.15, -0.1) is 0 Å². The molecule has 2 heterocycles. The number of fused-ring (bicyclic) bond motifs is 2. The number of nitrogens with one attached hydrogen (secondary N) is 1. The molecule has 0 fully saturated rings. The van der Waals surface area contributed by atoms with Crippen LogP contribution in [0.2, 0.25) is 0 Å². The van der Waals surface area contributed by atoms with Crippen LogP contribution in [-0.4, -0.2) is 34.0 Å². The number of aromatic nitrogens is 2. The summed E-state index contributed by atoms with van der Waals surface area (Å²) >= 11 is 0. The molecule has 1 unspecified atom stereocenters. The normalized spacial score (nSPS) is 15.4. The molecule has 1 N–H and O–H groups in total. The van der Waals surface area contributed by atoms with Gasteiger partial charge in [0.2, 0.25) is 5.91 Å². The molecule has 3 aromatic carbocycles. The van der Waals surface area contributed by atoms with E-state index in [9.17, 15) is 18.4 Å². The number of benzene rings is 3. The monoisotopic (exact) mass is 462 g/mol. The fourth-order valence-electron chi connectivity index (χ4n) is 4.01. The fourth-order valence-corrected chi connectivity index (χ4v) is 4.01. The molecule has 0 saturated heterocycles. The Morgan fingerprint density at radius 2 is 1.76 bits per heavy atom. The predicted octanol–water partition coefficient (Wildman–Crippen LogP) is 4.85. The molecule has 1 atom stereocenters. The second kappa shape index (κ2) is 8.58. The highest BCUT2D eigenvalue weighted by atomic mass is 19.3. The Balaban J connectivity index is 1.35. The van der Waals surface area contributed by atoms with Crippen LogP contribution in [0.15, 0.2) is 72.8 Å². The van der Waals surface area contributed by atoms with E-state index in [2.05, 4.69) is 10.3 Å². The van der Waals surface area contributed by atoms with E-state index in [4.69, 9.17) is 4.74 Å². The minimum atomic E-state index is -2.75. The van der Waals surface area contributed by atoms with E-state index in [1.807, 2.05) is 0 Å². The summed E-state index contributed by atoms with van der Waals surface area (Å²) < 4.78 is 34.0. The summed E-state index contributed by atoms with van der Waals surface area (Å²) in [5.41, 5.74) is 2.30. The van der Waals surface area contributed by atoms with Gasteiger partial charge in [-0.25, -0.2) is 4.98 Å². The number of amides is 2. The van der Waals surface area contributed by atoms with Crippen molar-refractivity contribution in [2.24, 2.45) is 0 Å². The number of para-hydroxylation sites is 4. The summed E-state index contributed by atoms with van der Waals surface area (Å²) in [6, 6.07) is 20.2. The highest BCUT2D eigenvalue weighted by molar-refractivity contribution is 6.06. The van der Waals surface area contributed by atoms with Crippen molar-refractivity contribution in [3.63, 3.8) is 0 Å². The predicted molar refractivity (Wildman–Crippen MR) is 124 cm³/mol. The molecule has 0 saturated carbocycles. The molecule has 9 heteroatoms. The van der Waals surface area contributed by atoms with Crippen LogP contribution in [0, 0.1) is 0 Å². The quantitative estimate of drug-likeness (QED) is 0.460. The molecule has 2 amide bonds. The Morgan fingerprint density at radius 3 is 2.53 bits per heavy atom. The van der Waals surface area contributed by atoms with Crippen LogP contribution >= 0.6 is 0 Å². The lowest BCUT2D eigenvalue weighted by Gasteiger charge is -2.32. The van der Waals surface area contributed by atoms with E-state index < -0.39 is 18.6 Å². The molecule has 0 bridgehead atoms. The van der Waals surface area contributed by atoms with Crippen molar-refractivity contribution in [1.29, 1.82) is 0 Å². The third-order valence-electron chi connectivity index (χ3n) is 5.59. The van der Waals surface area contributed by atoms with Crippen molar-refractivity contribution >= 4 is 34.2 Å². The first-order valence-electron chi connectivity index (χ1n) is 10.6. The minimum absolute atomic E-state index is 0.138. The molecule has 7 nitrogen and oxygen atoms in total. The van der Waals surface area contributed by atoms with Crippen LogP contribution < -0.4 is 15.0 Å². The Bertz CT molecular complexity index is 1380. The lowest BCUT2D eigenvalue weighted by molar-refractivity contribution is -0.127. The number of imidazole rings is 1. The molecule has 1 aliphatic rings. The van der Waals surface area contributed by atoms with Gasteiger partial charge < -0.3 is 10.1 Å². The topological polar surface area (TPSA) is 76.5 Å². The molecule has 1 aliphatic heterocycles.